The molecule has 1 aliphatic carbocycles. The molecule has 2 aromatic heterocycles. The van der Waals surface area contributed by atoms with Gasteiger partial charge in [0.25, 0.3) is 0 Å². The summed E-state index contributed by atoms with van der Waals surface area (Å²) in [5.41, 5.74) is 5.25. The lowest BCUT2D eigenvalue weighted by molar-refractivity contribution is 0.266. The van der Waals surface area contributed by atoms with Crippen molar-refractivity contribution in [1.29, 1.82) is 5.26 Å². The van der Waals surface area contributed by atoms with E-state index >= 15 is 0 Å². The summed E-state index contributed by atoms with van der Waals surface area (Å²) in [5, 5.41) is 15.7. The molecule has 0 spiro atoms. The van der Waals surface area contributed by atoms with Gasteiger partial charge in [0.15, 0.2) is 11.6 Å². The summed E-state index contributed by atoms with van der Waals surface area (Å²) in [6.45, 7) is 1.99. The molecule has 5 rings (SSSR count). The lowest BCUT2D eigenvalue weighted by Gasteiger charge is -2.37. The molecule has 0 bridgehead atoms. The second kappa shape index (κ2) is 9.44. The van der Waals surface area contributed by atoms with E-state index in [1.54, 1.807) is 0 Å². The number of nitrogens with zero attached hydrogens (tertiary/aromatic N) is 6. The van der Waals surface area contributed by atoms with E-state index in [-0.39, 0.29) is 23.0 Å². The van der Waals surface area contributed by atoms with Crippen molar-refractivity contribution in [2.45, 2.75) is 31.7 Å². The summed E-state index contributed by atoms with van der Waals surface area (Å²) in [5.74, 6) is 0.531. The second-order valence-corrected chi connectivity index (χ2v) is 12.2. The number of anilines is 4. The molecule has 1 aliphatic heterocycles. The van der Waals surface area contributed by atoms with Crippen LogP contribution in [0, 0.1) is 17.1 Å². The number of nitrogens with one attached hydrogen (secondary N) is 2. The zero-order chi connectivity index (χ0) is 25.4. The molecule has 9 nitrogen and oxygen atoms in total. The predicted octanol–water partition coefficient (Wildman–Crippen LogP) is 4.59. The van der Waals surface area contributed by atoms with Gasteiger partial charge in [0.05, 0.1) is 6.20 Å². The number of pyridine rings is 1. The number of aromatic nitrogens is 3. The zero-order valence-electron chi connectivity index (χ0n) is 20.4. The molecule has 0 saturated carbocycles. The summed E-state index contributed by atoms with van der Waals surface area (Å²) in [4.78, 5) is 15.3. The summed E-state index contributed by atoms with van der Waals surface area (Å²) < 4.78 is 30.1. The smallest absolute Gasteiger partial charge is 0.229 e. The Hall–Kier alpha value is -3.62. The summed E-state index contributed by atoms with van der Waals surface area (Å²) in [7, 11) is -0.376. The Morgan fingerprint density at radius 3 is 2.78 bits per heavy atom. The average molecular weight is 507 g/mol. The van der Waals surface area contributed by atoms with Crippen LogP contribution in [-0.2, 0) is 22.7 Å². The third-order valence-corrected chi connectivity index (χ3v) is 6.86. The molecule has 2 N–H and O–H groups in total. The third kappa shape index (κ3) is 5.29. The monoisotopic (exact) mass is 506 g/mol. The fourth-order valence-corrected chi connectivity index (χ4v) is 5.54. The highest BCUT2D eigenvalue weighted by molar-refractivity contribution is 7.92. The van der Waals surface area contributed by atoms with E-state index in [4.69, 9.17) is 0 Å². The van der Waals surface area contributed by atoms with Gasteiger partial charge in [-0.25, -0.2) is 18.6 Å². The first-order valence-electron chi connectivity index (χ1n) is 11.7. The van der Waals surface area contributed by atoms with Gasteiger partial charge in [0.1, 0.15) is 23.3 Å². The molecular formula is C25H27FN8OS. The lowest BCUT2D eigenvalue weighted by Crippen LogP contribution is -2.33. The van der Waals surface area contributed by atoms with Crippen LogP contribution in [0.15, 0.2) is 34.8 Å². The molecule has 0 radical (unpaired) electrons. The average Bonchev–Trinajstić information content (AvgIpc) is 2.77. The number of aryl methyl sites for hydroxylation is 1. The maximum Gasteiger partial charge on any atom is 0.229 e. The van der Waals surface area contributed by atoms with Crippen LogP contribution >= 0.6 is 0 Å². The van der Waals surface area contributed by atoms with Crippen LogP contribution in [0.4, 0.5) is 33.5 Å². The lowest BCUT2D eigenvalue weighted by atomic mass is 9.77. The number of likely N-dealkylation sites (N-methyl/N-ethyl adjacent to an activating group) is 1. The predicted molar refractivity (Wildman–Crippen MR) is 138 cm³/mol. The fraction of sp³-hybridized carbons (Fsp3) is 0.360. The molecule has 0 amide bonds. The van der Waals surface area contributed by atoms with Crippen LogP contribution in [0.25, 0.3) is 0 Å². The Balaban J connectivity index is 1.45. The van der Waals surface area contributed by atoms with Crippen molar-refractivity contribution < 1.29 is 8.60 Å². The minimum absolute atomic E-state index is 0.00952. The van der Waals surface area contributed by atoms with Gasteiger partial charge in [-0.2, -0.15) is 14.6 Å². The van der Waals surface area contributed by atoms with E-state index in [0.29, 0.717) is 11.9 Å². The number of benzene rings is 1. The van der Waals surface area contributed by atoms with Gasteiger partial charge >= 0.3 is 0 Å². The number of rotatable bonds is 5. The van der Waals surface area contributed by atoms with Crippen molar-refractivity contribution in [3.05, 3.63) is 58.5 Å². The Morgan fingerprint density at radius 2 is 2.00 bits per heavy atom. The van der Waals surface area contributed by atoms with Crippen molar-refractivity contribution in [2.24, 2.45) is 4.36 Å². The first kappa shape index (κ1) is 24.1. The second-order valence-electron chi connectivity index (χ2n) is 9.61. The summed E-state index contributed by atoms with van der Waals surface area (Å²) in [6, 6.07) is 8.61. The molecule has 1 atom stereocenters. The van der Waals surface area contributed by atoms with E-state index in [9.17, 15) is 13.9 Å². The van der Waals surface area contributed by atoms with E-state index in [1.165, 1.54) is 48.2 Å². The van der Waals surface area contributed by atoms with Gasteiger partial charge in [0, 0.05) is 53.2 Å². The maximum atomic E-state index is 14.2. The van der Waals surface area contributed by atoms with Gasteiger partial charge < -0.3 is 15.5 Å². The molecule has 3 heterocycles. The van der Waals surface area contributed by atoms with Gasteiger partial charge in [0.2, 0.25) is 5.95 Å². The molecular weight excluding hydrogens is 479 g/mol. The summed E-state index contributed by atoms with van der Waals surface area (Å²) >= 11 is 0. The van der Waals surface area contributed by atoms with Crippen LogP contribution in [0.5, 0.6) is 0 Å². The Morgan fingerprint density at radius 1 is 1.19 bits per heavy atom. The molecule has 11 heteroatoms. The van der Waals surface area contributed by atoms with Crippen molar-refractivity contribution in [3.63, 3.8) is 0 Å². The van der Waals surface area contributed by atoms with Crippen molar-refractivity contribution in [1.82, 2.24) is 19.9 Å². The molecule has 0 saturated heterocycles. The van der Waals surface area contributed by atoms with Crippen molar-refractivity contribution in [3.8, 4) is 6.07 Å². The quantitative estimate of drug-likeness (QED) is 0.516. The van der Waals surface area contributed by atoms with Gasteiger partial charge in [-0.3, -0.25) is 0 Å². The minimum atomic E-state index is -2.53. The van der Waals surface area contributed by atoms with Gasteiger partial charge in [-0.15, -0.1) is 0 Å². The van der Waals surface area contributed by atoms with Crippen LogP contribution in [0.2, 0.25) is 0 Å². The number of hydrogen-bond acceptors (Lipinski definition) is 9. The minimum Gasteiger partial charge on any atom is -0.324 e. The number of halogens is 1. The van der Waals surface area contributed by atoms with Crippen LogP contribution in [0.1, 0.15) is 41.0 Å². The SMILES string of the molecule is CN1Cc2cc(Nc3ncc(C#N)c(Nc4cc(F)cc(N=S(C)(C)=O)n4)n3)cc3c2C(CCC3)C1. The van der Waals surface area contributed by atoms with Crippen molar-refractivity contribution in [2.75, 3.05) is 36.7 Å². The standard InChI is InChI=1S/C25H27FN8OS/c1-34-13-16-6-4-5-15-7-20(8-17(14-34)23(15)16)29-25-28-12-18(11-27)24(32-25)31-21-9-19(26)10-22(30-21)33-36(2,3)35/h7-10,12,16H,4-6,13-14H2,1-3H3,(H2,28,29,30,31,32). The highest BCUT2D eigenvalue weighted by Gasteiger charge is 2.29. The van der Waals surface area contributed by atoms with Crippen LogP contribution in [-0.4, -0.2) is 50.2 Å². The largest absolute Gasteiger partial charge is 0.324 e. The Bertz CT molecular complexity index is 1500. The highest BCUT2D eigenvalue weighted by atomic mass is 32.2. The van der Waals surface area contributed by atoms with Gasteiger partial charge in [-0.1, -0.05) is 0 Å². The molecule has 1 unspecified atom stereocenters. The van der Waals surface area contributed by atoms with Crippen LogP contribution in [0.3, 0.4) is 0 Å². The maximum absolute atomic E-state index is 14.2. The fourth-order valence-electron chi connectivity index (χ4n) is 5.00. The molecule has 3 aromatic rings. The molecule has 2 aliphatic rings. The van der Waals surface area contributed by atoms with E-state index in [0.717, 1.165) is 37.3 Å². The summed E-state index contributed by atoms with van der Waals surface area (Å²) in [6.07, 6.45) is 7.74. The first-order valence-corrected chi connectivity index (χ1v) is 14.0. The van der Waals surface area contributed by atoms with Gasteiger partial charge in [-0.05, 0) is 61.1 Å². The molecule has 186 valence electrons. The van der Waals surface area contributed by atoms with E-state index in [1.807, 2.05) is 6.07 Å². The molecule has 1 aromatic carbocycles. The molecule has 0 fully saturated rings. The Kier molecular flexibility index (Phi) is 6.32. The normalized spacial score (nSPS) is 17.1. The third-order valence-electron chi connectivity index (χ3n) is 6.23. The highest BCUT2D eigenvalue weighted by Crippen LogP contribution is 2.40. The first-order chi connectivity index (χ1) is 17.2. The van der Waals surface area contributed by atoms with Crippen LogP contribution < -0.4 is 10.6 Å². The zero-order valence-corrected chi connectivity index (χ0v) is 21.2. The topological polar surface area (TPSA) is 119 Å². The molecule has 36 heavy (non-hydrogen) atoms. The van der Waals surface area contributed by atoms with E-state index < -0.39 is 15.5 Å². The number of nitriles is 1. The number of hydrogen-bond donors (Lipinski definition) is 2. The van der Waals surface area contributed by atoms with E-state index in [2.05, 4.69) is 54.0 Å². The van der Waals surface area contributed by atoms with Crippen molar-refractivity contribution >= 4 is 38.8 Å². The Labute approximate surface area is 210 Å².